The summed E-state index contributed by atoms with van der Waals surface area (Å²) in [5.41, 5.74) is 0. The lowest BCUT2D eigenvalue weighted by atomic mass is 9.85. The van der Waals surface area contributed by atoms with Crippen LogP contribution in [-0.2, 0) is 9.53 Å². The summed E-state index contributed by atoms with van der Waals surface area (Å²) in [6, 6.07) is -0.717. The van der Waals surface area contributed by atoms with Gasteiger partial charge >= 0.3 is 12.1 Å². The number of carbonyl (C=O) groups is 2. The average molecular weight is 229 g/mol. The lowest BCUT2D eigenvalue weighted by Gasteiger charge is -2.25. The van der Waals surface area contributed by atoms with E-state index in [-0.39, 0.29) is 0 Å². The molecule has 16 heavy (non-hydrogen) atoms. The number of methoxy groups -OCH3 is 1. The Kier molecular flexibility index (Phi) is 5.08. The SMILES string of the molecule is COC(=O)[C@H](CC1CCCCC1)NC(=O)O. The first-order valence-electron chi connectivity index (χ1n) is 5.70. The predicted molar refractivity (Wildman–Crippen MR) is 58.2 cm³/mol. The first-order valence-corrected chi connectivity index (χ1v) is 5.70. The van der Waals surface area contributed by atoms with Gasteiger partial charge in [-0.2, -0.15) is 0 Å². The van der Waals surface area contributed by atoms with Crippen molar-refractivity contribution in [2.45, 2.75) is 44.6 Å². The van der Waals surface area contributed by atoms with E-state index < -0.39 is 18.1 Å². The molecule has 1 amide bonds. The Hall–Kier alpha value is -1.26. The van der Waals surface area contributed by atoms with Gasteiger partial charge in [-0.15, -0.1) is 0 Å². The molecule has 1 saturated carbocycles. The Bertz CT molecular complexity index is 248. The van der Waals surface area contributed by atoms with Crippen LogP contribution < -0.4 is 5.32 Å². The molecule has 0 aromatic rings. The number of hydrogen-bond donors (Lipinski definition) is 2. The Morgan fingerprint density at radius 3 is 2.50 bits per heavy atom. The van der Waals surface area contributed by atoms with Gasteiger partial charge in [-0.05, 0) is 12.3 Å². The van der Waals surface area contributed by atoms with E-state index in [1.807, 2.05) is 0 Å². The molecule has 0 aromatic carbocycles. The van der Waals surface area contributed by atoms with E-state index >= 15 is 0 Å². The van der Waals surface area contributed by atoms with Crippen LogP contribution in [-0.4, -0.2) is 30.3 Å². The van der Waals surface area contributed by atoms with E-state index in [2.05, 4.69) is 10.1 Å². The number of rotatable bonds is 4. The smallest absolute Gasteiger partial charge is 0.405 e. The molecule has 92 valence electrons. The van der Waals surface area contributed by atoms with Gasteiger partial charge < -0.3 is 15.2 Å². The third-order valence-electron chi connectivity index (χ3n) is 3.08. The maximum atomic E-state index is 11.4. The van der Waals surface area contributed by atoms with Crippen molar-refractivity contribution < 1.29 is 19.4 Å². The van der Waals surface area contributed by atoms with Crippen molar-refractivity contribution in [3.05, 3.63) is 0 Å². The number of amides is 1. The van der Waals surface area contributed by atoms with E-state index in [4.69, 9.17) is 5.11 Å². The fourth-order valence-corrected chi connectivity index (χ4v) is 2.26. The van der Waals surface area contributed by atoms with Crippen molar-refractivity contribution in [3.63, 3.8) is 0 Å². The number of carbonyl (C=O) groups excluding carboxylic acids is 1. The quantitative estimate of drug-likeness (QED) is 0.720. The van der Waals surface area contributed by atoms with Crippen LogP contribution in [0, 0.1) is 5.92 Å². The second-order valence-electron chi connectivity index (χ2n) is 4.26. The van der Waals surface area contributed by atoms with E-state index in [1.165, 1.54) is 26.4 Å². The summed E-state index contributed by atoms with van der Waals surface area (Å²) >= 11 is 0. The molecule has 0 heterocycles. The maximum Gasteiger partial charge on any atom is 0.405 e. The molecule has 0 aromatic heterocycles. The molecular formula is C11H19NO4. The fourth-order valence-electron chi connectivity index (χ4n) is 2.26. The summed E-state index contributed by atoms with van der Waals surface area (Å²) < 4.78 is 4.59. The summed E-state index contributed by atoms with van der Waals surface area (Å²) in [7, 11) is 1.28. The highest BCUT2D eigenvalue weighted by atomic mass is 16.5. The van der Waals surface area contributed by atoms with Crippen LogP contribution in [0.25, 0.3) is 0 Å². The molecule has 1 atom stereocenters. The molecular weight excluding hydrogens is 210 g/mol. The Balaban J connectivity index is 2.47. The van der Waals surface area contributed by atoms with Gasteiger partial charge in [0.2, 0.25) is 0 Å². The van der Waals surface area contributed by atoms with Gasteiger partial charge in [-0.3, -0.25) is 0 Å². The Morgan fingerprint density at radius 1 is 1.38 bits per heavy atom. The molecule has 0 aliphatic heterocycles. The average Bonchev–Trinajstić information content (AvgIpc) is 2.28. The van der Waals surface area contributed by atoms with Crippen molar-refractivity contribution in [1.82, 2.24) is 5.32 Å². The molecule has 1 rings (SSSR count). The third kappa shape index (κ3) is 4.08. The second kappa shape index (κ2) is 6.35. The Morgan fingerprint density at radius 2 is 2.00 bits per heavy atom. The van der Waals surface area contributed by atoms with Crippen LogP contribution in [0.5, 0.6) is 0 Å². The van der Waals surface area contributed by atoms with Crippen LogP contribution in [0.1, 0.15) is 38.5 Å². The van der Waals surface area contributed by atoms with Crippen molar-refractivity contribution in [2.75, 3.05) is 7.11 Å². The monoisotopic (exact) mass is 229 g/mol. The Labute approximate surface area is 95.2 Å². The van der Waals surface area contributed by atoms with E-state index in [1.54, 1.807) is 0 Å². The minimum Gasteiger partial charge on any atom is -0.467 e. The van der Waals surface area contributed by atoms with Gasteiger partial charge in [-0.25, -0.2) is 9.59 Å². The summed E-state index contributed by atoms with van der Waals surface area (Å²) in [5.74, 6) is -0.0577. The molecule has 5 heteroatoms. The molecule has 1 aliphatic carbocycles. The molecule has 0 unspecified atom stereocenters. The van der Waals surface area contributed by atoms with Gasteiger partial charge in [0.05, 0.1) is 7.11 Å². The molecule has 0 radical (unpaired) electrons. The highest BCUT2D eigenvalue weighted by Crippen LogP contribution is 2.27. The molecule has 5 nitrogen and oxygen atoms in total. The van der Waals surface area contributed by atoms with E-state index in [0.717, 1.165) is 12.8 Å². The topological polar surface area (TPSA) is 75.6 Å². The number of nitrogens with one attached hydrogen (secondary N) is 1. The van der Waals surface area contributed by atoms with Crippen LogP contribution in [0.15, 0.2) is 0 Å². The summed E-state index contributed by atoms with van der Waals surface area (Å²) in [4.78, 5) is 21.9. The first kappa shape index (κ1) is 12.8. The maximum absolute atomic E-state index is 11.4. The molecule has 0 saturated heterocycles. The molecule has 1 fully saturated rings. The largest absolute Gasteiger partial charge is 0.467 e. The number of hydrogen-bond acceptors (Lipinski definition) is 3. The van der Waals surface area contributed by atoms with Crippen molar-refractivity contribution in [1.29, 1.82) is 0 Å². The predicted octanol–water partition coefficient (Wildman–Crippen LogP) is 1.77. The molecule has 2 N–H and O–H groups in total. The zero-order valence-corrected chi connectivity index (χ0v) is 9.57. The summed E-state index contributed by atoms with van der Waals surface area (Å²) in [5, 5.41) is 10.9. The number of ether oxygens (including phenoxy) is 1. The molecule has 1 aliphatic rings. The summed E-state index contributed by atoms with van der Waals surface area (Å²) in [6.45, 7) is 0. The van der Waals surface area contributed by atoms with Crippen LogP contribution in [0.2, 0.25) is 0 Å². The van der Waals surface area contributed by atoms with Crippen molar-refractivity contribution in [3.8, 4) is 0 Å². The van der Waals surface area contributed by atoms with Gasteiger partial charge in [0.25, 0.3) is 0 Å². The van der Waals surface area contributed by atoms with Crippen LogP contribution in [0.3, 0.4) is 0 Å². The zero-order valence-electron chi connectivity index (χ0n) is 9.57. The highest BCUT2D eigenvalue weighted by molar-refractivity contribution is 5.80. The van der Waals surface area contributed by atoms with Gasteiger partial charge in [0.1, 0.15) is 6.04 Å². The van der Waals surface area contributed by atoms with Crippen LogP contribution >= 0.6 is 0 Å². The van der Waals surface area contributed by atoms with E-state index in [9.17, 15) is 9.59 Å². The number of esters is 1. The van der Waals surface area contributed by atoms with E-state index in [0.29, 0.717) is 12.3 Å². The highest BCUT2D eigenvalue weighted by Gasteiger charge is 2.26. The standard InChI is InChI=1S/C11H19NO4/c1-16-10(13)9(12-11(14)15)7-8-5-3-2-4-6-8/h8-9,12H,2-7H2,1H3,(H,14,15)/t9-/m0/s1. The van der Waals surface area contributed by atoms with Gasteiger partial charge in [0.15, 0.2) is 0 Å². The van der Waals surface area contributed by atoms with Crippen molar-refractivity contribution in [2.24, 2.45) is 5.92 Å². The van der Waals surface area contributed by atoms with Gasteiger partial charge in [-0.1, -0.05) is 32.1 Å². The molecule has 0 spiro atoms. The third-order valence-corrected chi connectivity index (χ3v) is 3.08. The normalized spacial score (nSPS) is 18.8. The first-order chi connectivity index (χ1) is 7.63. The minimum atomic E-state index is -1.17. The minimum absolute atomic E-state index is 0.435. The van der Waals surface area contributed by atoms with Gasteiger partial charge in [0, 0.05) is 0 Å². The summed E-state index contributed by atoms with van der Waals surface area (Å²) in [6.07, 6.45) is 5.12. The lowest BCUT2D eigenvalue weighted by molar-refractivity contribution is -0.143. The second-order valence-corrected chi connectivity index (χ2v) is 4.26. The van der Waals surface area contributed by atoms with Crippen molar-refractivity contribution >= 4 is 12.1 Å². The van der Waals surface area contributed by atoms with Crippen LogP contribution in [0.4, 0.5) is 4.79 Å². The zero-order chi connectivity index (χ0) is 12.0. The lowest BCUT2D eigenvalue weighted by Crippen LogP contribution is -2.42. The number of carboxylic acid groups (broad SMARTS) is 1. The fraction of sp³-hybridized carbons (Fsp3) is 0.818. The molecule has 0 bridgehead atoms.